The van der Waals surface area contributed by atoms with E-state index in [-0.39, 0.29) is 0 Å². The van der Waals surface area contributed by atoms with Crippen molar-refractivity contribution in [2.45, 2.75) is 24.9 Å². The molecule has 0 aliphatic heterocycles. The molecule has 0 saturated carbocycles. The van der Waals surface area contributed by atoms with Crippen molar-refractivity contribution in [3.05, 3.63) is 28.8 Å². The molecular weight excluding hydrogens is 311 g/mol. The number of aryl methyl sites for hydroxylation is 2. The van der Waals surface area contributed by atoms with Gasteiger partial charge in [-0.15, -0.1) is 0 Å². The molecule has 98 valence electrons. The van der Waals surface area contributed by atoms with Gasteiger partial charge in [0.2, 0.25) is 0 Å². The maximum Gasteiger partial charge on any atom is 0.404 e. The molecule has 0 saturated heterocycles. The summed E-state index contributed by atoms with van der Waals surface area (Å²) in [6.45, 7) is 2.89. The molecule has 0 bridgehead atoms. The summed E-state index contributed by atoms with van der Waals surface area (Å²) >= 11 is 2.53. The summed E-state index contributed by atoms with van der Waals surface area (Å²) in [5, 5.41) is 8.76. The van der Waals surface area contributed by atoms with E-state index >= 15 is 0 Å². The van der Waals surface area contributed by atoms with Gasteiger partial charge in [0.05, 0.1) is 11.6 Å². The molecule has 1 atom stereocenters. The second-order valence-corrected chi connectivity index (χ2v) is 4.98. The Balaban J connectivity index is 2.84. The molecule has 0 N–H and O–H groups in total. The van der Waals surface area contributed by atoms with Gasteiger partial charge in [-0.05, 0) is 37.1 Å². The molecule has 1 unspecified atom stereocenters. The third-order valence-corrected chi connectivity index (χ3v) is 3.10. The molecule has 0 spiro atoms. The summed E-state index contributed by atoms with van der Waals surface area (Å²) in [7, 11) is 0. The molecule has 0 aliphatic carbocycles. The van der Waals surface area contributed by atoms with Crippen molar-refractivity contribution in [3.8, 4) is 11.8 Å². The van der Waals surface area contributed by atoms with E-state index in [1.165, 1.54) is 0 Å². The molecule has 1 aromatic carbocycles. The smallest absolute Gasteiger partial charge is 0.404 e. The minimum absolute atomic E-state index is 0.391. The lowest BCUT2D eigenvalue weighted by molar-refractivity contribution is -0.132. The molecule has 1 aromatic rings. The lowest BCUT2D eigenvalue weighted by atomic mass is 10.1. The standard InChI is InChI=1S/C12H11BrF3NO/c1-7-3-9(5-17)4-8(2)11(7)18-6-10(13)12(14,15)16/h3-4,10H,6H2,1-2H3. The monoisotopic (exact) mass is 321 g/mol. The highest BCUT2D eigenvalue weighted by Crippen LogP contribution is 2.29. The molecule has 0 radical (unpaired) electrons. The van der Waals surface area contributed by atoms with Crippen molar-refractivity contribution in [2.24, 2.45) is 0 Å². The predicted octanol–water partition coefficient (Wildman–Crippen LogP) is 3.88. The van der Waals surface area contributed by atoms with Gasteiger partial charge < -0.3 is 4.74 Å². The van der Waals surface area contributed by atoms with Gasteiger partial charge in [-0.2, -0.15) is 18.4 Å². The molecule has 0 aliphatic rings. The van der Waals surface area contributed by atoms with E-state index in [0.29, 0.717) is 22.4 Å². The zero-order valence-electron chi connectivity index (χ0n) is 9.81. The van der Waals surface area contributed by atoms with Crippen LogP contribution in [0.15, 0.2) is 12.1 Å². The van der Waals surface area contributed by atoms with Crippen molar-refractivity contribution in [2.75, 3.05) is 6.61 Å². The number of rotatable bonds is 3. The van der Waals surface area contributed by atoms with Gasteiger partial charge in [0, 0.05) is 0 Å². The first kappa shape index (κ1) is 14.8. The van der Waals surface area contributed by atoms with Crippen LogP contribution in [-0.4, -0.2) is 17.6 Å². The van der Waals surface area contributed by atoms with Gasteiger partial charge in [-0.3, -0.25) is 0 Å². The van der Waals surface area contributed by atoms with Crippen molar-refractivity contribution >= 4 is 15.9 Å². The van der Waals surface area contributed by atoms with Gasteiger partial charge in [-0.25, -0.2) is 0 Å². The Bertz CT molecular complexity index is 456. The van der Waals surface area contributed by atoms with Crippen LogP contribution in [0.4, 0.5) is 13.2 Å². The molecule has 0 heterocycles. The highest BCUT2D eigenvalue weighted by atomic mass is 79.9. The Morgan fingerprint density at radius 1 is 1.33 bits per heavy atom. The molecule has 6 heteroatoms. The molecule has 18 heavy (non-hydrogen) atoms. The fourth-order valence-corrected chi connectivity index (χ4v) is 1.63. The van der Waals surface area contributed by atoms with Crippen LogP contribution in [0.2, 0.25) is 0 Å². The number of nitriles is 1. The number of halogens is 4. The average Bonchev–Trinajstić information content (AvgIpc) is 2.25. The van der Waals surface area contributed by atoms with E-state index in [2.05, 4.69) is 15.9 Å². The van der Waals surface area contributed by atoms with E-state index in [1.54, 1.807) is 26.0 Å². The van der Waals surface area contributed by atoms with Crippen molar-refractivity contribution in [1.82, 2.24) is 0 Å². The third kappa shape index (κ3) is 3.64. The average molecular weight is 322 g/mol. The predicted molar refractivity (Wildman–Crippen MR) is 64.9 cm³/mol. The summed E-state index contributed by atoms with van der Waals surface area (Å²) in [5.41, 5.74) is 1.76. The zero-order chi connectivity index (χ0) is 13.9. The SMILES string of the molecule is Cc1cc(C#N)cc(C)c1OCC(Br)C(F)(F)F. The molecule has 1 rings (SSSR count). The maximum absolute atomic E-state index is 12.3. The highest BCUT2D eigenvalue weighted by Gasteiger charge is 2.38. The Kier molecular flexibility index (Phi) is 4.63. The van der Waals surface area contributed by atoms with Crippen LogP contribution >= 0.6 is 15.9 Å². The fourth-order valence-electron chi connectivity index (χ4n) is 1.49. The summed E-state index contributed by atoms with van der Waals surface area (Å²) < 4.78 is 42.1. The quantitative estimate of drug-likeness (QED) is 0.791. The largest absolute Gasteiger partial charge is 0.492 e. The first-order valence-electron chi connectivity index (χ1n) is 5.10. The summed E-state index contributed by atoms with van der Waals surface area (Å²) in [4.78, 5) is -1.71. The van der Waals surface area contributed by atoms with Crippen LogP contribution in [0.5, 0.6) is 5.75 Å². The van der Waals surface area contributed by atoms with E-state index < -0.39 is 17.6 Å². The van der Waals surface area contributed by atoms with Crippen molar-refractivity contribution < 1.29 is 17.9 Å². The molecule has 0 aromatic heterocycles. The Labute approximate surface area is 111 Å². The molecule has 0 amide bonds. The summed E-state index contributed by atoms with van der Waals surface area (Å²) in [5.74, 6) is 0.391. The van der Waals surface area contributed by atoms with Crippen LogP contribution in [0.25, 0.3) is 0 Å². The van der Waals surface area contributed by atoms with Crippen molar-refractivity contribution in [3.63, 3.8) is 0 Å². The third-order valence-electron chi connectivity index (χ3n) is 2.32. The van der Waals surface area contributed by atoms with E-state index in [1.807, 2.05) is 6.07 Å². The summed E-state index contributed by atoms with van der Waals surface area (Å²) in [6, 6.07) is 5.15. The van der Waals surface area contributed by atoms with Crippen LogP contribution in [0, 0.1) is 25.2 Å². The molecule has 0 fully saturated rings. The fraction of sp³-hybridized carbons (Fsp3) is 0.417. The van der Waals surface area contributed by atoms with Crippen molar-refractivity contribution in [1.29, 1.82) is 5.26 Å². The first-order chi connectivity index (χ1) is 8.25. The highest BCUT2D eigenvalue weighted by molar-refractivity contribution is 9.09. The van der Waals surface area contributed by atoms with E-state index in [0.717, 1.165) is 0 Å². The number of nitrogens with zero attached hydrogens (tertiary/aromatic N) is 1. The second-order valence-electron chi connectivity index (χ2n) is 3.87. The molecular formula is C12H11BrF3NO. The first-order valence-corrected chi connectivity index (χ1v) is 6.02. The van der Waals surface area contributed by atoms with Gasteiger partial charge in [0.1, 0.15) is 17.2 Å². The van der Waals surface area contributed by atoms with Crippen LogP contribution < -0.4 is 4.74 Å². The Morgan fingerprint density at radius 3 is 2.22 bits per heavy atom. The minimum Gasteiger partial charge on any atom is -0.492 e. The zero-order valence-corrected chi connectivity index (χ0v) is 11.4. The van der Waals surface area contributed by atoms with Gasteiger partial charge in [-0.1, -0.05) is 15.9 Å². The summed E-state index contributed by atoms with van der Waals surface area (Å²) in [6.07, 6.45) is -4.34. The maximum atomic E-state index is 12.3. The topological polar surface area (TPSA) is 33.0 Å². The number of benzene rings is 1. The Morgan fingerprint density at radius 2 is 1.83 bits per heavy atom. The van der Waals surface area contributed by atoms with Crippen LogP contribution in [-0.2, 0) is 0 Å². The lowest BCUT2D eigenvalue weighted by Crippen LogP contribution is -2.29. The van der Waals surface area contributed by atoms with Gasteiger partial charge >= 0.3 is 6.18 Å². The number of hydrogen-bond acceptors (Lipinski definition) is 2. The van der Waals surface area contributed by atoms with Crippen LogP contribution in [0.3, 0.4) is 0 Å². The lowest BCUT2D eigenvalue weighted by Gasteiger charge is -2.17. The Hall–Kier alpha value is -1.22. The second kappa shape index (κ2) is 5.61. The number of alkyl halides is 4. The number of ether oxygens (including phenoxy) is 1. The van der Waals surface area contributed by atoms with E-state index in [9.17, 15) is 13.2 Å². The van der Waals surface area contributed by atoms with E-state index in [4.69, 9.17) is 10.00 Å². The molecule has 2 nitrogen and oxygen atoms in total. The van der Waals surface area contributed by atoms with Gasteiger partial charge in [0.25, 0.3) is 0 Å². The minimum atomic E-state index is -4.34. The van der Waals surface area contributed by atoms with Gasteiger partial charge in [0.15, 0.2) is 0 Å². The number of hydrogen-bond donors (Lipinski definition) is 0. The normalized spacial score (nSPS) is 12.9. The van der Waals surface area contributed by atoms with Crippen LogP contribution in [0.1, 0.15) is 16.7 Å².